The number of rotatable bonds is 5. The van der Waals surface area contributed by atoms with Gasteiger partial charge in [0.05, 0.1) is 7.11 Å². The topological polar surface area (TPSA) is 38.3 Å². The highest BCUT2D eigenvalue weighted by Gasteiger charge is 2.25. The first kappa shape index (κ1) is 16.0. The molecule has 0 radical (unpaired) electrons. The summed E-state index contributed by atoms with van der Waals surface area (Å²) in [6.07, 6.45) is 8.44. The van der Waals surface area contributed by atoms with Crippen molar-refractivity contribution in [3.05, 3.63) is 35.4 Å². The number of carbonyl (C=O) groups excluding carboxylic acids is 1. The SMILES string of the molecule is CCc1ccc(C(NC2CCCCCC2)C(=O)OC)cc1. The Balaban J connectivity index is 2.10. The van der Waals surface area contributed by atoms with Crippen molar-refractivity contribution >= 4 is 5.97 Å². The average Bonchev–Trinajstić information content (AvgIpc) is 2.80. The molecule has 1 atom stereocenters. The van der Waals surface area contributed by atoms with Crippen molar-refractivity contribution in [1.82, 2.24) is 5.32 Å². The predicted octanol–water partition coefficient (Wildman–Crippen LogP) is 3.78. The van der Waals surface area contributed by atoms with Crippen molar-refractivity contribution in [3.8, 4) is 0 Å². The minimum Gasteiger partial charge on any atom is -0.468 e. The second-order valence-corrected chi connectivity index (χ2v) is 5.91. The average molecular weight is 289 g/mol. The van der Waals surface area contributed by atoms with Crippen LogP contribution in [0.3, 0.4) is 0 Å². The van der Waals surface area contributed by atoms with E-state index in [-0.39, 0.29) is 12.0 Å². The maximum atomic E-state index is 12.1. The summed E-state index contributed by atoms with van der Waals surface area (Å²) in [6.45, 7) is 2.14. The fraction of sp³-hybridized carbons (Fsp3) is 0.611. The van der Waals surface area contributed by atoms with Gasteiger partial charge in [-0.25, -0.2) is 4.79 Å². The van der Waals surface area contributed by atoms with E-state index in [0.29, 0.717) is 6.04 Å². The number of hydrogen-bond donors (Lipinski definition) is 1. The summed E-state index contributed by atoms with van der Waals surface area (Å²) in [4.78, 5) is 12.1. The lowest BCUT2D eigenvalue weighted by molar-refractivity contribution is -0.143. The van der Waals surface area contributed by atoms with Crippen LogP contribution in [0.2, 0.25) is 0 Å². The van der Waals surface area contributed by atoms with Gasteiger partial charge in [0.2, 0.25) is 0 Å². The van der Waals surface area contributed by atoms with Crippen LogP contribution in [0.5, 0.6) is 0 Å². The van der Waals surface area contributed by atoms with Crippen molar-refractivity contribution < 1.29 is 9.53 Å². The van der Waals surface area contributed by atoms with Gasteiger partial charge in [0.1, 0.15) is 6.04 Å². The molecule has 1 aliphatic rings. The van der Waals surface area contributed by atoms with E-state index < -0.39 is 0 Å². The highest BCUT2D eigenvalue weighted by molar-refractivity contribution is 5.77. The Kier molecular flexibility index (Phi) is 6.24. The molecular weight excluding hydrogens is 262 g/mol. The number of benzene rings is 1. The van der Waals surface area contributed by atoms with Crippen LogP contribution in [0.4, 0.5) is 0 Å². The summed E-state index contributed by atoms with van der Waals surface area (Å²) in [5.74, 6) is -0.191. The standard InChI is InChI=1S/C18H27NO2/c1-3-14-10-12-15(13-11-14)17(18(20)21-2)19-16-8-6-4-5-7-9-16/h10-13,16-17,19H,3-9H2,1-2H3. The molecule has 1 N–H and O–H groups in total. The first-order valence-corrected chi connectivity index (χ1v) is 8.17. The Bertz CT molecular complexity index is 433. The molecule has 1 fully saturated rings. The number of nitrogens with one attached hydrogen (secondary N) is 1. The summed E-state index contributed by atoms with van der Waals surface area (Å²) in [5, 5.41) is 3.53. The first-order chi connectivity index (χ1) is 10.2. The predicted molar refractivity (Wildman–Crippen MR) is 85.2 cm³/mol. The van der Waals surface area contributed by atoms with Crippen molar-refractivity contribution in [2.24, 2.45) is 0 Å². The van der Waals surface area contributed by atoms with Crippen LogP contribution in [0.1, 0.15) is 62.6 Å². The number of aryl methyl sites for hydroxylation is 1. The van der Waals surface area contributed by atoms with Gasteiger partial charge in [-0.3, -0.25) is 5.32 Å². The smallest absolute Gasteiger partial charge is 0.327 e. The molecule has 0 amide bonds. The summed E-state index contributed by atoms with van der Waals surface area (Å²) in [7, 11) is 1.46. The van der Waals surface area contributed by atoms with Gasteiger partial charge in [-0.1, -0.05) is 56.9 Å². The fourth-order valence-corrected chi connectivity index (χ4v) is 3.05. The minimum atomic E-state index is -0.344. The lowest BCUT2D eigenvalue weighted by Gasteiger charge is -2.23. The minimum absolute atomic E-state index is 0.191. The second-order valence-electron chi connectivity index (χ2n) is 5.91. The molecule has 1 aromatic rings. The van der Waals surface area contributed by atoms with Gasteiger partial charge in [-0.2, -0.15) is 0 Å². The van der Waals surface area contributed by atoms with Crippen LogP contribution >= 0.6 is 0 Å². The number of hydrogen-bond acceptors (Lipinski definition) is 3. The molecule has 0 aliphatic heterocycles. The lowest BCUT2D eigenvalue weighted by Crippen LogP contribution is -2.37. The zero-order valence-corrected chi connectivity index (χ0v) is 13.2. The second kappa shape index (κ2) is 8.18. The molecule has 1 unspecified atom stereocenters. The molecule has 3 heteroatoms. The third-order valence-electron chi connectivity index (χ3n) is 4.42. The molecule has 3 nitrogen and oxygen atoms in total. The van der Waals surface area contributed by atoms with Gasteiger partial charge in [0, 0.05) is 6.04 Å². The molecule has 2 rings (SSSR count). The van der Waals surface area contributed by atoms with E-state index in [1.807, 2.05) is 12.1 Å². The van der Waals surface area contributed by atoms with Crippen LogP contribution in [-0.2, 0) is 16.0 Å². The van der Waals surface area contributed by atoms with E-state index in [1.54, 1.807) is 0 Å². The molecule has 0 saturated heterocycles. The third kappa shape index (κ3) is 4.57. The molecule has 0 bridgehead atoms. The highest BCUT2D eigenvalue weighted by atomic mass is 16.5. The molecule has 1 aliphatic carbocycles. The Labute approximate surface area is 128 Å². The van der Waals surface area contributed by atoms with Gasteiger partial charge in [-0.15, -0.1) is 0 Å². The van der Waals surface area contributed by atoms with Crippen LogP contribution in [0.25, 0.3) is 0 Å². The number of esters is 1. The molecule has 0 spiro atoms. The van der Waals surface area contributed by atoms with E-state index in [9.17, 15) is 4.79 Å². The summed E-state index contributed by atoms with van der Waals surface area (Å²) >= 11 is 0. The van der Waals surface area contributed by atoms with E-state index in [2.05, 4.69) is 24.4 Å². The summed E-state index contributed by atoms with van der Waals surface area (Å²) < 4.78 is 4.99. The molecule has 1 saturated carbocycles. The van der Waals surface area contributed by atoms with Gasteiger partial charge in [0.25, 0.3) is 0 Å². The zero-order valence-electron chi connectivity index (χ0n) is 13.2. The first-order valence-electron chi connectivity index (χ1n) is 8.17. The lowest BCUT2D eigenvalue weighted by atomic mass is 10.0. The van der Waals surface area contributed by atoms with Crippen molar-refractivity contribution in [3.63, 3.8) is 0 Å². The number of carbonyl (C=O) groups is 1. The maximum Gasteiger partial charge on any atom is 0.327 e. The van der Waals surface area contributed by atoms with E-state index in [4.69, 9.17) is 4.74 Å². The van der Waals surface area contributed by atoms with Gasteiger partial charge < -0.3 is 4.74 Å². The maximum absolute atomic E-state index is 12.1. The highest BCUT2D eigenvalue weighted by Crippen LogP contribution is 2.22. The monoisotopic (exact) mass is 289 g/mol. The largest absolute Gasteiger partial charge is 0.468 e. The Morgan fingerprint density at radius 2 is 1.81 bits per heavy atom. The Morgan fingerprint density at radius 1 is 1.19 bits per heavy atom. The van der Waals surface area contributed by atoms with Gasteiger partial charge >= 0.3 is 5.97 Å². The molecular formula is C18H27NO2. The fourth-order valence-electron chi connectivity index (χ4n) is 3.05. The van der Waals surface area contributed by atoms with E-state index in [0.717, 1.165) is 24.8 Å². The van der Waals surface area contributed by atoms with Gasteiger partial charge in [0.15, 0.2) is 0 Å². The van der Waals surface area contributed by atoms with Crippen molar-refractivity contribution in [2.45, 2.75) is 64.0 Å². The quantitative estimate of drug-likeness (QED) is 0.662. The van der Waals surface area contributed by atoms with E-state index >= 15 is 0 Å². The van der Waals surface area contributed by atoms with Crippen LogP contribution in [-0.4, -0.2) is 19.1 Å². The van der Waals surface area contributed by atoms with Crippen LogP contribution in [0, 0.1) is 0 Å². The molecule has 0 aromatic heterocycles. The molecule has 0 heterocycles. The number of ether oxygens (including phenoxy) is 1. The summed E-state index contributed by atoms with van der Waals surface area (Å²) in [6, 6.07) is 8.36. The van der Waals surface area contributed by atoms with Crippen molar-refractivity contribution in [1.29, 1.82) is 0 Å². The Morgan fingerprint density at radius 3 is 2.33 bits per heavy atom. The van der Waals surface area contributed by atoms with Crippen LogP contribution < -0.4 is 5.32 Å². The normalized spacial score (nSPS) is 18.0. The Hall–Kier alpha value is -1.35. The van der Waals surface area contributed by atoms with Crippen molar-refractivity contribution in [2.75, 3.05) is 7.11 Å². The summed E-state index contributed by atoms with van der Waals surface area (Å²) in [5.41, 5.74) is 2.29. The number of methoxy groups -OCH3 is 1. The molecule has 116 valence electrons. The van der Waals surface area contributed by atoms with Gasteiger partial charge in [-0.05, 0) is 30.4 Å². The molecule has 1 aromatic carbocycles. The van der Waals surface area contributed by atoms with Crippen LogP contribution in [0.15, 0.2) is 24.3 Å². The zero-order chi connectivity index (χ0) is 15.1. The third-order valence-corrected chi connectivity index (χ3v) is 4.42. The van der Waals surface area contributed by atoms with E-state index in [1.165, 1.54) is 38.4 Å². The molecule has 21 heavy (non-hydrogen) atoms.